The first-order valence-corrected chi connectivity index (χ1v) is 10.9. The number of rotatable bonds is 5. The van der Waals surface area contributed by atoms with E-state index in [0.717, 1.165) is 5.01 Å². The average Bonchev–Trinajstić information content (AvgIpc) is 3.34. The lowest BCUT2D eigenvalue weighted by atomic mass is 10.1. The van der Waals surface area contributed by atoms with E-state index in [-0.39, 0.29) is 10.5 Å². The summed E-state index contributed by atoms with van der Waals surface area (Å²) in [5.41, 5.74) is 1.87. The summed E-state index contributed by atoms with van der Waals surface area (Å²) in [5.74, 6) is -0.599. The van der Waals surface area contributed by atoms with Gasteiger partial charge in [-0.3, -0.25) is 4.79 Å². The van der Waals surface area contributed by atoms with Crippen LogP contribution in [-0.2, 0) is 14.8 Å². The molecule has 1 aromatic heterocycles. The van der Waals surface area contributed by atoms with Gasteiger partial charge in [-0.2, -0.15) is 10.1 Å². The molecule has 1 amide bonds. The number of anilines is 1. The van der Waals surface area contributed by atoms with Crippen molar-refractivity contribution in [3.05, 3.63) is 77.6 Å². The Morgan fingerprint density at radius 1 is 1.12 bits per heavy atom. The van der Waals surface area contributed by atoms with E-state index in [0.29, 0.717) is 34.1 Å². The number of carboxylic acid groups (broad SMARTS) is 1. The molecule has 0 saturated carbocycles. The fraction of sp³-hybridized carbons (Fsp3) is 0.0455. The van der Waals surface area contributed by atoms with Crippen molar-refractivity contribution >= 4 is 39.4 Å². The van der Waals surface area contributed by atoms with Gasteiger partial charge in [-0.1, -0.05) is 12.1 Å². The van der Waals surface area contributed by atoms with Crippen LogP contribution in [0.3, 0.4) is 0 Å². The molecule has 10 heteroatoms. The number of primary sulfonamides is 1. The zero-order valence-corrected chi connectivity index (χ0v) is 17.5. The van der Waals surface area contributed by atoms with Gasteiger partial charge in [-0.15, -0.1) is 0 Å². The molecule has 32 heavy (non-hydrogen) atoms. The molecule has 0 saturated heterocycles. The van der Waals surface area contributed by atoms with Crippen molar-refractivity contribution in [3.63, 3.8) is 0 Å². The van der Waals surface area contributed by atoms with Gasteiger partial charge in [0.2, 0.25) is 10.0 Å². The van der Waals surface area contributed by atoms with Gasteiger partial charge in [0.05, 0.1) is 27.4 Å². The van der Waals surface area contributed by atoms with Gasteiger partial charge < -0.3 is 9.52 Å². The molecule has 1 aliphatic heterocycles. The first-order valence-electron chi connectivity index (χ1n) is 9.31. The maximum Gasteiger partial charge on any atom is 0.335 e. The number of benzene rings is 2. The van der Waals surface area contributed by atoms with Crippen LogP contribution in [0.2, 0.25) is 0 Å². The van der Waals surface area contributed by atoms with Crippen LogP contribution in [0.25, 0.3) is 17.4 Å². The summed E-state index contributed by atoms with van der Waals surface area (Å²) < 4.78 is 28.6. The largest absolute Gasteiger partial charge is 0.478 e. The topological polar surface area (TPSA) is 143 Å². The highest BCUT2D eigenvalue weighted by Crippen LogP contribution is 2.28. The van der Waals surface area contributed by atoms with Crippen LogP contribution in [-0.4, -0.2) is 31.1 Å². The standard InChI is InChI=1S/C22H17N3O6S/c1-13-19(21(26)25(24-13)16-5-8-18(9-6-16)32(23,29)30)12-17-7-10-20(31-17)14-3-2-4-15(11-14)22(27)28/h2-12H,1H3,(H,27,28)(H2,23,29,30)/b19-12+. The third-order valence-corrected chi connectivity index (χ3v) is 5.71. The lowest BCUT2D eigenvalue weighted by molar-refractivity contribution is -0.114. The molecule has 0 bridgehead atoms. The summed E-state index contributed by atoms with van der Waals surface area (Å²) in [5, 5.41) is 19.7. The Kier molecular flexibility index (Phi) is 5.25. The molecule has 3 aromatic rings. The Hall–Kier alpha value is -4.02. The smallest absolute Gasteiger partial charge is 0.335 e. The minimum atomic E-state index is -3.84. The summed E-state index contributed by atoms with van der Waals surface area (Å²) in [7, 11) is -3.84. The number of carbonyl (C=O) groups is 2. The van der Waals surface area contributed by atoms with E-state index in [9.17, 15) is 18.0 Å². The van der Waals surface area contributed by atoms with Gasteiger partial charge in [0.25, 0.3) is 5.91 Å². The van der Waals surface area contributed by atoms with E-state index in [4.69, 9.17) is 14.7 Å². The number of hydrogen-bond acceptors (Lipinski definition) is 6. The number of furan rings is 1. The molecule has 162 valence electrons. The molecule has 2 heterocycles. The Morgan fingerprint density at radius 3 is 2.50 bits per heavy atom. The Balaban J connectivity index is 1.60. The first-order chi connectivity index (χ1) is 15.1. The molecule has 9 nitrogen and oxygen atoms in total. The van der Waals surface area contributed by atoms with Crippen molar-refractivity contribution in [2.45, 2.75) is 11.8 Å². The van der Waals surface area contributed by atoms with Gasteiger partial charge in [0, 0.05) is 5.56 Å². The maximum absolute atomic E-state index is 12.9. The summed E-state index contributed by atoms with van der Waals surface area (Å²) in [4.78, 5) is 24.0. The molecule has 4 rings (SSSR count). The van der Waals surface area contributed by atoms with Gasteiger partial charge in [-0.05, 0) is 61.5 Å². The van der Waals surface area contributed by atoms with Crippen molar-refractivity contribution in [2.24, 2.45) is 10.2 Å². The summed E-state index contributed by atoms with van der Waals surface area (Å²) in [6.45, 7) is 1.67. The van der Waals surface area contributed by atoms with E-state index in [1.807, 2.05) is 0 Å². The number of nitrogens with two attached hydrogens (primary N) is 1. The molecule has 0 atom stereocenters. The van der Waals surface area contributed by atoms with Crippen molar-refractivity contribution < 1.29 is 27.5 Å². The minimum Gasteiger partial charge on any atom is -0.478 e. The maximum atomic E-state index is 12.9. The molecule has 3 N–H and O–H groups in total. The van der Waals surface area contributed by atoms with E-state index >= 15 is 0 Å². The number of carboxylic acids is 1. The number of nitrogens with zero attached hydrogens (tertiary/aromatic N) is 2. The van der Waals surface area contributed by atoms with Crippen molar-refractivity contribution in [3.8, 4) is 11.3 Å². The number of aromatic carboxylic acids is 1. The molecular weight excluding hydrogens is 434 g/mol. The van der Waals surface area contributed by atoms with Crippen LogP contribution in [0.1, 0.15) is 23.0 Å². The van der Waals surface area contributed by atoms with Crippen molar-refractivity contribution in [1.29, 1.82) is 0 Å². The molecular formula is C22H17N3O6S. The minimum absolute atomic E-state index is 0.0700. The van der Waals surface area contributed by atoms with Crippen LogP contribution in [0.4, 0.5) is 5.69 Å². The SMILES string of the molecule is CC1=NN(c2ccc(S(N)(=O)=O)cc2)C(=O)/C1=C/c1ccc(-c2cccc(C(=O)O)c2)o1. The van der Waals surface area contributed by atoms with E-state index < -0.39 is 21.9 Å². The Morgan fingerprint density at radius 2 is 1.84 bits per heavy atom. The highest BCUT2D eigenvalue weighted by Gasteiger charge is 2.29. The van der Waals surface area contributed by atoms with Gasteiger partial charge >= 0.3 is 5.97 Å². The third-order valence-electron chi connectivity index (χ3n) is 4.78. The monoisotopic (exact) mass is 451 g/mol. The van der Waals surface area contributed by atoms with Crippen LogP contribution in [0.15, 0.2) is 80.7 Å². The number of carbonyl (C=O) groups excluding carboxylic acids is 1. The molecule has 2 aromatic carbocycles. The number of hydrogen-bond donors (Lipinski definition) is 2. The van der Waals surface area contributed by atoms with E-state index in [1.54, 1.807) is 37.3 Å². The second-order valence-corrected chi connectivity index (χ2v) is 8.55. The zero-order chi connectivity index (χ0) is 23.0. The molecule has 0 spiro atoms. The number of sulfonamides is 1. The van der Waals surface area contributed by atoms with Crippen LogP contribution in [0, 0.1) is 0 Å². The van der Waals surface area contributed by atoms with Crippen LogP contribution in [0.5, 0.6) is 0 Å². The summed E-state index contributed by atoms with van der Waals surface area (Å²) >= 11 is 0. The number of hydrazone groups is 1. The lowest BCUT2D eigenvalue weighted by Crippen LogP contribution is -2.21. The quantitative estimate of drug-likeness (QED) is 0.571. The Labute approximate surface area is 183 Å². The molecule has 0 aliphatic carbocycles. The predicted octanol–water partition coefficient (Wildman–Crippen LogP) is 3.10. The second-order valence-electron chi connectivity index (χ2n) is 6.99. The predicted molar refractivity (Wildman–Crippen MR) is 117 cm³/mol. The highest BCUT2D eigenvalue weighted by atomic mass is 32.2. The van der Waals surface area contributed by atoms with Crippen molar-refractivity contribution in [2.75, 3.05) is 5.01 Å². The Bertz CT molecular complexity index is 1400. The van der Waals surface area contributed by atoms with Gasteiger partial charge in [-0.25, -0.2) is 18.4 Å². The lowest BCUT2D eigenvalue weighted by Gasteiger charge is -2.11. The summed E-state index contributed by atoms with van der Waals surface area (Å²) in [6, 6.07) is 15.2. The highest BCUT2D eigenvalue weighted by molar-refractivity contribution is 7.89. The zero-order valence-electron chi connectivity index (χ0n) is 16.7. The molecule has 0 radical (unpaired) electrons. The molecule has 0 fully saturated rings. The van der Waals surface area contributed by atoms with Gasteiger partial charge in [0.15, 0.2) is 0 Å². The van der Waals surface area contributed by atoms with Crippen LogP contribution >= 0.6 is 0 Å². The molecule has 0 unspecified atom stereocenters. The number of amides is 1. The van der Waals surface area contributed by atoms with Crippen molar-refractivity contribution in [1.82, 2.24) is 0 Å². The fourth-order valence-electron chi connectivity index (χ4n) is 3.17. The fourth-order valence-corrected chi connectivity index (χ4v) is 3.69. The van der Waals surface area contributed by atoms with Gasteiger partial charge in [0.1, 0.15) is 11.5 Å². The van der Waals surface area contributed by atoms with Crippen LogP contribution < -0.4 is 10.1 Å². The normalized spacial score (nSPS) is 15.3. The second kappa shape index (κ2) is 7.91. The van der Waals surface area contributed by atoms with E-state index in [1.165, 1.54) is 36.4 Å². The average molecular weight is 451 g/mol. The van der Waals surface area contributed by atoms with E-state index in [2.05, 4.69) is 5.10 Å². The summed E-state index contributed by atoms with van der Waals surface area (Å²) in [6.07, 6.45) is 1.55. The molecule has 1 aliphatic rings. The third kappa shape index (κ3) is 4.09. The first kappa shape index (κ1) is 21.2.